The largest absolute Gasteiger partial charge is 0.271 e. The normalized spacial score (nSPS) is 13.1. The van der Waals surface area contributed by atoms with Crippen LogP contribution in [-0.2, 0) is 0 Å². The predicted molar refractivity (Wildman–Crippen MR) is 65.6 cm³/mol. The predicted octanol–water partition coefficient (Wildman–Crippen LogP) is 2.03. The van der Waals surface area contributed by atoms with Crippen LogP contribution < -0.4 is 11.3 Å². The summed E-state index contributed by atoms with van der Waals surface area (Å²) in [6, 6.07) is 2.24. The molecular formula is C12H22N4. The van der Waals surface area contributed by atoms with Crippen LogP contribution in [0, 0.1) is 19.8 Å². The molecule has 0 aliphatic rings. The number of aromatic nitrogens is 2. The Morgan fingerprint density at radius 1 is 1.25 bits per heavy atom. The third-order valence-electron chi connectivity index (χ3n) is 2.75. The van der Waals surface area contributed by atoms with Crippen molar-refractivity contribution in [2.45, 2.75) is 46.6 Å². The highest BCUT2D eigenvalue weighted by Gasteiger charge is 2.14. The molecule has 0 aliphatic carbocycles. The van der Waals surface area contributed by atoms with E-state index < -0.39 is 0 Å². The first-order chi connectivity index (χ1) is 7.54. The Morgan fingerprint density at radius 3 is 2.50 bits per heavy atom. The van der Waals surface area contributed by atoms with Crippen LogP contribution >= 0.6 is 0 Å². The molecule has 1 unspecified atom stereocenters. The average molecular weight is 222 g/mol. The Labute approximate surface area is 97.6 Å². The van der Waals surface area contributed by atoms with Crippen molar-refractivity contribution in [3.8, 4) is 0 Å². The van der Waals surface area contributed by atoms with Gasteiger partial charge < -0.3 is 0 Å². The van der Waals surface area contributed by atoms with Crippen LogP contribution in [0.15, 0.2) is 6.07 Å². The van der Waals surface area contributed by atoms with Crippen molar-refractivity contribution in [3.05, 3.63) is 23.0 Å². The minimum atomic E-state index is 0.177. The summed E-state index contributed by atoms with van der Waals surface area (Å²) in [5.74, 6) is 6.30. The van der Waals surface area contributed by atoms with E-state index in [1.54, 1.807) is 0 Å². The van der Waals surface area contributed by atoms with Crippen molar-refractivity contribution in [1.82, 2.24) is 15.6 Å². The van der Waals surface area contributed by atoms with Gasteiger partial charge in [-0.15, -0.1) is 0 Å². The van der Waals surface area contributed by atoms with Crippen LogP contribution in [0.4, 0.5) is 0 Å². The van der Waals surface area contributed by atoms with Crippen molar-refractivity contribution in [1.29, 1.82) is 0 Å². The molecule has 16 heavy (non-hydrogen) atoms. The zero-order valence-electron chi connectivity index (χ0n) is 10.6. The van der Waals surface area contributed by atoms with E-state index in [-0.39, 0.29) is 6.04 Å². The second kappa shape index (κ2) is 5.92. The topological polar surface area (TPSA) is 63.8 Å². The van der Waals surface area contributed by atoms with Gasteiger partial charge in [-0.1, -0.05) is 13.8 Å². The van der Waals surface area contributed by atoms with Gasteiger partial charge in [-0.25, -0.2) is 0 Å². The monoisotopic (exact) mass is 222 g/mol. The molecule has 0 fully saturated rings. The molecule has 1 aromatic heterocycles. The minimum absolute atomic E-state index is 0.177. The van der Waals surface area contributed by atoms with Crippen LogP contribution in [0.3, 0.4) is 0 Å². The lowest BCUT2D eigenvalue weighted by Gasteiger charge is -2.18. The number of nitrogens with two attached hydrogens (primary N) is 1. The SMILES string of the molecule is Cc1cc(C(CCC(C)C)NN)c(C)nn1. The Morgan fingerprint density at radius 2 is 1.94 bits per heavy atom. The molecule has 90 valence electrons. The maximum absolute atomic E-state index is 5.61. The number of hydrogen-bond donors (Lipinski definition) is 2. The summed E-state index contributed by atoms with van der Waals surface area (Å²) in [5, 5.41) is 8.16. The molecule has 1 rings (SSSR count). The standard InChI is InChI=1S/C12H22N4/c1-8(2)5-6-12(14-13)11-7-9(3)15-16-10(11)4/h7-8,12,14H,5-6,13H2,1-4H3. The average Bonchev–Trinajstić information content (AvgIpc) is 2.23. The molecule has 1 aromatic rings. The van der Waals surface area contributed by atoms with Crippen LogP contribution in [0.25, 0.3) is 0 Å². The zero-order valence-corrected chi connectivity index (χ0v) is 10.6. The molecule has 0 amide bonds. The van der Waals surface area contributed by atoms with Gasteiger partial charge in [-0.3, -0.25) is 11.3 Å². The molecule has 1 heterocycles. The van der Waals surface area contributed by atoms with E-state index in [0.29, 0.717) is 5.92 Å². The summed E-state index contributed by atoms with van der Waals surface area (Å²) >= 11 is 0. The number of hydrogen-bond acceptors (Lipinski definition) is 4. The van der Waals surface area contributed by atoms with E-state index in [1.165, 1.54) is 0 Å². The van der Waals surface area contributed by atoms with E-state index in [2.05, 4.69) is 35.5 Å². The van der Waals surface area contributed by atoms with Crippen molar-refractivity contribution in [2.75, 3.05) is 0 Å². The molecule has 0 spiro atoms. The first kappa shape index (κ1) is 13.1. The summed E-state index contributed by atoms with van der Waals surface area (Å²) in [6.45, 7) is 8.36. The zero-order chi connectivity index (χ0) is 12.1. The molecule has 0 saturated carbocycles. The van der Waals surface area contributed by atoms with Crippen LogP contribution in [0.5, 0.6) is 0 Å². The summed E-state index contributed by atoms with van der Waals surface area (Å²) in [4.78, 5) is 0. The molecule has 0 aromatic carbocycles. The molecule has 0 radical (unpaired) electrons. The Hall–Kier alpha value is -1.00. The van der Waals surface area contributed by atoms with Gasteiger partial charge in [-0.05, 0) is 44.2 Å². The van der Waals surface area contributed by atoms with Gasteiger partial charge in [0.15, 0.2) is 0 Å². The highest BCUT2D eigenvalue weighted by Crippen LogP contribution is 2.22. The minimum Gasteiger partial charge on any atom is -0.271 e. The third kappa shape index (κ3) is 3.54. The van der Waals surface area contributed by atoms with E-state index in [9.17, 15) is 0 Å². The smallest absolute Gasteiger partial charge is 0.0648 e. The first-order valence-corrected chi connectivity index (χ1v) is 5.81. The van der Waals surface area contributed by atoms with Gasteiger partial charge in [0.1, 0.15) is 0 Å². The number of rotatable bonds is 5. The van der Waals surface area contributed by atoms with E-state index in [0.717, 1.165) is 29.8 Å². The summed E-state index contributed by atoms with van der Waals surface area (Å²) in [7, 11) is 0. The van der Waals surface area contributed by atoms with Gasteiger partial charge in [0, 0.05) is 6.04 Å². The number of aryl methyl sites for hydroxylation is 2. The van der Waals surface area contributed by atoms with Gasteiger partial charge in [0.05, 0.1) is 11.4 Å². The van der Waals surface area contributed by atoms with Gasteiger partial charge >= 0.3 is 0 Å². The van der Waals surface area contributed by atoms with E-state index in [1.807, 2.05) is 13.8 Å². The Balaban J connectivity index is 2.81. The van der Waals surface area contributed by atoms with Crippen LogP contribution in [0.1, 0.15) is 49.7 Å². The van der Waals surface area contributed by atoms with Gasteiger partial charge in [0.2, 0.25) is 0 Å². The Bertz CT molecular complexity index is 336. The van der Waals surface area contributed by atoms with Crippen molar-refractivity contribution in [2.24, 2.45) is 11.8 Å². The van der Waals surface area contributed by atoms with Gasteiger partial charge in [0.25, 0.3) is 0 Å². The second-order valence-electron chi connectivity index (χ2n) is 4.72. The van der Waals surface area contributed by atoms with E-state index >= 15 is 0 Å². The van der Waals surface area contributed by atoms with Crippen molar-refractivity contribution >= 4 is 0 Å². The lowest BCUT2D eigenvalue weighted by atomic mass is 9.97. The number of hydrazine groups is 1. The molecule has 3 N–H and O–H groups in total. The fourth-order valence-electron chi connectivity index (χ4n) is 1.75. The lowest BCUT2D eigenvalue weighted by Crippen LogP contribution is -2.29. The van der Waals surface area contributed by atoms with Crippen molar-refractivity contribution < 1.29 is 0 Å². The second-order valence-corrected chi connectivity index (χ2v) is 4.72. The highest BCUT2D eigenvalue weighted by atomic mass is 15.2. The lowest BCUT2D eigenvalue weighted by molar-refractivity contribution is 0.445. The van der Waals surface area contributed by atoms with Crippen LogP contribution in [0.2, 0.25) is 0 Å². The fourth-order valence-corrected chi connectivity index (χ4v) is 1.75. The highest BCUT2D eigenvalue weighted by molar-refractivity contribution is 5.23. The summed E-state index contributed by atoms with van der Waals surface area (Å²) in [5.41, 5.74) is 5.93. The third-order valence-corrected chi connectivity index (χ3v) is 2.75. The number of nitrogens with one attached hydrogen (secondary N) is 1. The quantitative estimate of drug-likeness (QED) is 0.591. The first-order valence-electron chi connectivity index (χ1n) is 5.81. The maximum Gasteiger partial charge on any atom is 0.0648 e. The molecule has 4 nitrogen and oxygen atoms in total. The molecule has 0 saturated heterocycles. The Kier molecular flexibility index (Phi) is 4.83. The molecule has 0 aliphatic heterocycles. The maximum atomic E-state index is 5.61. The van der Waals surface area contributed by atoms with E-state index in [4.69, 9.17) is 5.84 Å². The molecule has 4 heteroatoms. The molecule has 1 atom stereocenters. The van der Waals surface area contributed by atoms with Crippen LogP contribution in [-0.4, -0.2) is 10.2 Å². The summed E-state index contributed by atoms with van der Waals surface area (Å²) in [6.07, 6.45) is 2.18. The molecular weight excluding hydrogens is 200 g/mol. The number of nitrogens with zero attached hydrogens (tertiary/aromatic N) is 2. The van der Waals surface area contributed by atoms with Crippen molar-refractivity contribution in [3.63, 3.8) is 0 Å². The van der Waals surface area contributed by atoms with Gasteiger partial charge in [-0.2, -0.15) is 10.2 Å². The fraction of sp³-hybridized carbons (Fsp3) is 0.667. The summed E-state index contributed by atoms with van der Waals surface area (Å²) < 4.78 is 0. The molecule has 0 bridgehead atoms.